The van der Waals surface area contributed by atoms with Crippen LogP contribution < -0.4 is 0 Å². The van der Waals surface area contributed by atoms with Crippen molar-refractivity contribution in [2.75, 3.05) is 0 Å². The zero-order chi connectivity index (χ0) is 24.3. The van der Waals surface area contributed by atoms with Crippen LogP contribution in [0.15, 0.2) is 133 Å². The van der Waals surface area contributed by atoms with E-state index in [9.17, 15) is 0 Å². The standard InChI is InChI=1S/C36H22S/c1-2-12-23(13-3-1)33-27-17-6-8-19-29(27)34(30-20-9-7-18-28(30)33)35-25-15-5-4-14-24(25)22-31-26-16-10-11-21-32(26)37-36(31)35/h1-22H. The molecule has 0 fully saturated rings. The summed E-state index contributed by atoms with van der Waals surface area (Å²) in [6, 6.07) is 48.8. The molecule has 0 nitrogen and oxygen atoms in total. The van der Waals surface area contributed by atoms with Crippen molar-refractivity contribution < 1.29 is 0 Å². The Morgan fingerprint density at radius 2 is 0.865 bits per heavy atom. The number of thiophene rings is 1. The van der Waals surface area contributed by atoms with Crippen molar-refractivity contribution in [3.8, 4) is 22.3 Å². The van der Waals surface area contributed by atoms with Gasteiger partial charge in [0.15, 0.2) is 0 Å². The molecule has 0 N–H and O–H groups in total. The van der Waals surface area contributed by atoms with Gasteiger partial charge in [0.25, 0.3) is 0 Å². The molecule has 7 aromatic carbocycles. The Morgan fingerprint density at radius 3 is 1.54 bits per heavy atom. The summed E-state index contributed by atoms with van der Waals surface area (Å²) >= 11 is 1.92. The minimum Gasteiger partial charge on any atom is -0.135 e. The predicted molar refractivity (Wildman–Crippen MR) is 163 cm³/mol. The average Bonchev–Trinajstić information content (AvgIpc) is 3.33. The van der Waals surface area contributed by atoms with Crippen molar-refractivity contribution in [2.45, 2.75) is 0 Å². The van der Waals surface area contributed by atoms with Gasteiger partial charge in [-0.2, -0.15) is 0 Å². The van der Waals surface area contributed by atoms with Crippen LogP contribution in [0.5, 0.6) is 0 Å². The molecule has 37 heavy (non-hydrogen) atoms. The van der Waals surface area contributed by atoms with Crippen LogP contribution in [0.3, 0.4) is 0 Å². The minimum atomic E-state index is 1.26. The summed E-state index contributed by atoms with van der Waals surface area (Å²) in [4.78, 5) is 0. The van der Waals surface area contributed by atoms with E-state index in [1.165, 1.54) is 74.7 Å². The normalized spacial score (nSPS) is 11.8. The quantitative estimate of drug-likeness (QED) is 0.213. The monoisotopic (exact) mass is 486 g/mol. The van der Waals surface area contributed by atoms with E-state index < -0.39 is 0 Å². The third-order valence-corrected chi connectivity index (χ3v) is 8.84. The molecule has 0 spiro atoms. The van der Waals surface area contributed by atoms with Gasteiger partial charge in [-0.25, -0.2) is 0 Å². The SMILES string of the molecule is c1ccc(-c2c3ccccc3c(-c3c4ccccc4cc4c3sc3ccccc34)c3ccccc23)cc1. The van der Waals surface area contributed by atoms with Gasteiger partial charge in [-0.3, -0.25) is 0 Å². The number of fused-ring (bicyclic) bond motifs is 6. The molecule has 1 heterocycles. The van der Waals surface area contributed by atoms with Gasteiger partial charge in [0.2, 0.25) is 0 Å². The molecule has 0 saturated heterocycles. The van der Waals surface area contributed by atoms with Crippen molar-refractivity contribution in [2.24, 2.45) is 0 Å². The van der Waals surface area contributed by atoms with Crippen LogP contribution in [0.25, 0.3) is 74.7 Å². The zero-order valence-corrected chi connectivity index (χ0v) is 20.9. The van der Waals surface area contributed by atoms with E-state index in [2.05, 4.69) is 133 Å². The molecule has 0 saturated carbocycles. The summed E-state index contributed by atoms with van der Waals surface area (Å²) in [6.07, 6.45) is 0. The second-order valence-corrected chi connectivity index (χ2v) is 10.7. The number of rotatable bonds is 2. The van der Waals surface area contributed by atoms with E-state index in [1.54, 1.807) is 0 Å². The van der Waals surface area contributed by atoms with E-state index >= 15 is 0 Å². The first kappa shape index (κ1) is 20.7. The Balaban J connectivity index is 1.65. The summed E-state index contributed by atoms with van der Waals surface area (Å²) in [5, 5.41) is 10.5. The van der Waals surface area contributed by atoms with E-state index in [1.807, 2.05) is 11.3 Å². The van der Waals surface area contributed by atoms with Gasteiger partial charge < -0.3 is 0 Å². The summed E-state index contributed by atoms with van der Waals surface area (Å²) in [5.74, 6) is 0. The summed E-state index contributed by atoms with van der Waals surface area (Å²) < 4.78 is 2.70. The molecule has 1 aromatic heterocycles. The first-order chi connectivity index (χ1) is 18.4. The van der Waals surface area contributed by atoms with Gasteiger partial charge in [-0.05, 0) is 61.1 Å². The van der Waals surface area contributed by atoms with Gasteiger partial charge in [-0.1, -0.05) is 121 Å². The largest absolute Gasteiger partial charge is 0.135 e. The first-order valence-corrected chi connectivity index (χ1v) is 13.5. The molecule has 0 aliphatic heterocycles. The van der Waals surface area contributed by atoms with Gasteiger partial charge >= 0.3 is 0 Å². The maximum absolute atomic E-state index is 2.38. The van der Waals surface area contributed by atoms with Crippen LogP contribution in [0.4, 0.5) is 0 Å². The van der Waals surface area contributed by atoms with Gasteiger partial charge in [0, 0.05) is 25.7 Å². The Morgan fingerprint density at radius 1 is 0.351 bits per heavy atom. The van der Waals surface area contributed by atoms with Crippen molar-refractivity contribution in [3.63, 3.8) is 0 Å². The first-order valence-electron chi connectivity index (χ1n) is 12.7. The highest BCUT2D eigenvalue weighted by atomic mass is 32.1. The van der Waals surface area contributed by atoms with E-state index in [4.69, 9.17) is 0 Å². The number of benzene rings is 7. The highest BCUT2D eigenvalue weighted by molar-refractivity contribution is 7.26. The van der Waals surface area contributed by atoms with Crippen LogP contribution in [0.2, 0.25) is 0 Å². The van der Waals surface area contributed by atoms with E-state index in [-0.39, 0.29) is 0 Å². The third-order valence-electron chi connectivity index (χ3n) is 7.63. The highest BCUT2D eigenvalue weighted by Crippen LogP contribution is 2.50. The van der Waals surface area contributed by atoms with Crippen molar-refractivity contribution in [3.05, 3.63) is 133 Å². The summed E-state index contributed by atoms with van der Waals surface area (Å²) in [6.45, 7) is 0. The lowest BCUT2D eigenvalue weighted by Crippen LogP contribution is -1.92. The predicted octanol–water partition coefficient (Wildman–Crippen LogP) is 10.8. The molecule has 172 valence electrons. The van der Waals surface area contributed by atoms with Crippen molar-refractivity contribution in [1.29, 1.82) is 0 Å². The lowest BCUT2D eigenvalue weighted by molar-refractivity contribution is 1.67. The van der Waals surface area contributed by atoms with Gasteiger partial charge in [0.05, 0.1) is 0 Å². The molecule has 8 rings (SSSR count). The van der Waals surface area contributed by atoms with Crippen LogP contribution in [0, 0.1) is 0 Å². The molecule has 0 amide bonds. The maximum Gasteiger partial charge on any atom is 0.0440 e. The molecule has 0 aliphatic rings. The molecule has 1 heteroatoms. The molecule has 0 bridgehead atoms. The van der Waals surface area contributed by atoms with Gasteiger partial charge in [-0.15, -0.1) is 11.3 Å². The fourth-order valence-electron chi connectivity index (χ4n) is 6.08. The van der Waals surface area contributed by atoms with Crippen LogP contribution in [-0.2, 0) is 0 Å². The molecule has 0 aliphatic carbocycles. The Kier molecular flexibility index (Phi) is 4.49. The fraction of sp³-hybridized carbons (Fsp3) is 0. The maximum atomic E-state index is 2.38. The Hall–Kier alpha value is -4.46. The van der Waals surface area contributed by atoms with Crippen molar-refractivity contribution >= 4 is 63.8 Å². The molecule has 0 atom stereocenters. The van der Waals surface area contributed by atoms with E-state index in [0.717, 1.165) is 0 Å². The second-order valence-electron chi connectivity index (χ2n) is 9.65. The highest BCUT2D eigenvalue weighted by Gasteiger charge is 2.21. The average molecular weight is 487 g/mol. The topological polar surface area (TPSA) is 0 Å². The minimum absolute atomic E-state index is 1.26. The lowest BCUT2D eigenvalue weighted by atomic mass is 9.84. The zero-order valence-electron chi connectivity index (χ0n) is 20.1. The Labute approximate surface area is 219 Å². The smallest absolute Gasteiger partial charge is 0.0440 e. The molecule has 8 aromatic rings. The Bertz CT molecular complexity index is 2070. The third kappa shape index (κ3) is 3.02. The second kappa shape index (κ2) is 8.03. The van der Waals surface area contributed by atoms with E-state index in [0.29, 0.717) is 0 Å². The number of hydrogen-bond acceptors (Lipinski definition) is 1. The van der Waals surface area contributed by atoms with Crippen LogP contribution in [0.1, 0.15) is 0 Å². The molecule has 0 unspecified atom stereocenters. The summed E-state index contributed by atoms with van der Waals surface area (Å²) in [5.41, 5.74) is 5.25. The molecule has 0 radical (unpaired) electrons. The molecular weight excluding hydrogens is 464 g/mol. The molecular formula is C36H22S. The van der Waals surface area contributed by atoms with Crippen LogP contribution >= 0.6 is 11.3 Å². The van der Waals surface area contributed by atoms with Gasteiger partial charge in [0.1, 0.15) is 0 Å². The number of hydrogen-bond donors (Lipinski definition) is 0. The lowest BCUT2D eigenvalue weighted by Gasteiger charge is -2.19. The van der Waals surface area contributed by atoms with Crippen LogP contribution in [-0.4, -0.2) is 0 Å². The fourth-order valence-corrected chi connectivity index (χ4v) is 7.33. The summed E-state index contributed by atoms with van der Waals surface area (Å²) in [7, 11) is 0. The van der Waals surface area contributed by atoms with Crippen molar-refractivity contribution in [1.82, 2.24) is 0 Å².